The first-order valence-corrected chi connectivity index (χ1v) is 20.3. The summed E-state index contributed by atoms with van der Waals surface area (Å²) in [4.78, 5) is 31.2. The van der Waals surface area contributed by atoms with Crippen LogP contribution in [-0.4, -0.2) is 67.6 Å². The Morgan fingerprint density at radius 3 is 1.62 bits per heavy atom. The van der Waals surface area contributed by atoms with Crippen molar-refractivity contribution in [3.63, 3.8) is 0 Å². The summed E-state index contributed by atoms with van der Waals surface area (Å²) in [5.41, 5.74) is 8.17. The Kier molecular flexibility index (Phi) is 16.5. The van der Waals surface area contributed by atoms with Crippen LogP contribution in [0.4, 0.5) is 0 Å². The molecule has 0 fully saturated rings. The van der Waals surface area contributed by atoms with Crippen LogP contribution in [0.15, 0.2) is 116 Å². The fourth-order valence-corrected chi connectivity index (χ4v) is 6.62. The molecule has 6 N–H and O–H groups in total. The van der Waals surface area contributed by atoms with E-state index in [0.29, 0.717) is 56.4 Å². The molecule has 0 saturated carbocycles. The predicted molar refractivity (Wildman–Crippen MR) is 235 cm³/mol. The summed E-state index contributed by atoms with van der Waals surface area (Å²) in [5.74, 6) is -0.516. The van der Waals surface area contributed by atoms with Gasteiger partial charge in [-0.3, -0.25) is 30.2 Å². The molecule has 16 heteroatoms. The maximum atomic E-state index is 11.5. The second kappa shape index (κ2) is 23.0. The van der Waals surface area contributed by atoms with Crippen LogP contribution in [0.5, 0.6) is 23.0 Å². The molecule has 332 valence electrons. The highest BCUT2D eigenvalue weighted by molar-refractivity contribution is 5.74. The van der Waals surface area contributed by atoms with Crippen LogP contribution in [0.2, 0.25) is 0 Å². The first-order valence-electron chi connectivity index (χ1n) is 20.3. The number of aromatic nitrogens is 2. The van der Waals surface area contributed by atoms with Gasteiger partial charge >= 0.3 is 11.9 Å². The Morgan fingerprint density at radius 2 is 1.11 bits per heavy atom. The van der Waals surface area contributed by atoms with Gasteiger partial charge in [0.1, 0.15) is 73.6 Å². The maximum Gasteiger partial charge on any atom is 0.323 e. The smallest absolute Gasteiger partial charge is 0.323 e. The monoisotopic (exact) mass is 878 g/mol. The Hall–Kier alpha value is -7.86. The molecule has 2 atom stereocenters. The third-order valence-electron chi connectivity index (χ3n) is 10.2. The lowest BCUT2D eigenvalue weighted by molar-refractivity contribution is -0.141. The summed E-state index contributed by atoms with van der Waals surface area (Å²) in [5, 5.41) is 62.1. The van der Waals surface area contributed by atoms with Crippen LogP contribution in [0.25, 0.3) is 11.1 Å². The van der Waals surface area contributed by atoms with Crippen LogP contribution >= 0.6 is 0 Å². The van der Waals surface area contributed by atoms with Gasteiger partial charge in [-0.05, 0) is 65.1 Å². The van der Waals surface area contributed by atoms with Crippen LogP contribution in [-0.2, 0) is 49.1 Å². The summed E-state index contributed by atoms with van der Waals surface area (Å²) >= 11 is 0. The second-order valence-corrected chi connectivity index (χ2v) is 14.8. The first-order chi connectivity index (χ1) is 31.6. The number of carboxylic acid groups (broad SMARTS) is 2. The second-order valence-electron chi connectivity index (χ2n) is 14.8. The molecule has 0 radical (unpaired) electrons. The van der Waals surface area contributed by atoms with Crippen LogP contribution in [0, 0.1) is 29.6 Å². The van der Waals surface area contributed by atoms with Crippen molar-refractivity contribution in [1.29, 1.82) is 10.5 Å². The summed E-state index contributed by atoms with van der Waals surface area (Å²) in [6, 6.07) is 29.5. The van der Waals surface area contributed by atoms with E-state index in [1.54, 1.807) is 60.9 Å². The number of carbonyl (C=O) groups is 2. The van der Waals surface area contributed by atoms with Gasteiger partial charge in [-0.2, -0.15) is 10.5 Å². The number of pyridine rings is 2. The fourth-order valence-electron chi connectivity index (χ4n) is 6.62. The summed E-state index contributed by atoms with van der Waals surface area (Å²) in [7, 11) is 0. The molecule has 65 heavy (non-hydrogen) atoms. The number of nitrogens with zero attached hydrogens (tertiary/aromatic N) is 4. The molecule has 16 nitrogen and oxygen atoms in total. The van der Waals surface area contributed by atoms with Gasteiger partial charge in [-0.1, -0.05) is 48.5 Å². The lowest BCUT2D eigenvalue weighted by Gasteiger charge is -2.17. The van der Waals surface area contributed by atoms with E-state index >= 15 is 0 Å². The number of hydrogen-bond acceptors (Lipinski definition) is 14. The van der Waals surface area contributed by atoms with E-state index in [1.807, 2.05) is 49.4 Å². The molecule has 4 aromatic carbocycles. The van der Waals surface area contributed by atoms with Gasteiger partial charge in [0.25, 0.3) is 0 Å². The molecule has 6 aromatic rings. The number of hydrogen-bond donors (Lipinski definition) is 6. The standard InChI is InChI=1S/C49H46N6O10/c1-31-40(30-63-42-11-9-39(24-55-45(26-57)49(60)61)47(16-42)65-29-36-13-34(18-51)20-53-22-36)6-3-7-43(31)37-5-2-4-32(14-37)27-62-41-10-8-38(23-54-44(25-56)48(58)59)46(15-41)64-28-35-12-33(17-50)19-52-21-35/h2-16,19-22,44-45,54-57H,23-30H2,1H3,(H,58,59)(H,60,61)/t44-,45-/m1/s1. The van der Waals surface area contributed by atoms with Gasteiger partial charge in [-0.15, -0.1) is 0 Å². The Labute approximate surface area is 374 Å². The van der Waals surface area contributed by atoms with Crippen LogP contribution in [0.1, 0.15) is 50.1 Å². The predicted octanol–water partition coefficient (Wildman–Crippen LogP) is 5.58. The van der Waals surface area contributed by atoms with E-state index < -0.39 is 37.2 Å². The van der Waals surface area contributed by atoms with E-state index in [2.05, 4.69) is 32.7 Å². The highest BCUT2D eigenvalue weighted by Crippen LogP contribution is 2.31. The van der Waals surface area contributed by atoms with Crippen molar-refractivity contribution in [2.45, 2.75) is 58.5 Å². The maximum absolute atomic E-state index is 11.5. The number of nitriles is 2. The van der Waals surface area contributed by atoms with Crippen LogP contribution < -0.4 is 29.6 Å². The van der Waals surface area contributed by atoms with E-state index in [0.717, 1.165) is 27.8 Å². The van der Waals surface area contributed by atoms with Crippen molar-refractivity contribution >= 4 is 11.9 Å². The summed E-state index contributed by atoms with van der Waals surface area (Å²) in [6.07, 6.45) is 6.09. The van der Waals surface area contributed by atoms with Crippen molar-refractivity contribution in [1.82, 2.24) is 20.6 Å². The zero-order valence-electron chi connectivity index (χ0n) is 35.3. The van der Waals surface area contributed by atoms with Gasteiger partial charge in [0.05, 0.1) is 24.3 Å². The highest BCUT2D eigenvalue weighted by atomic mass is 16.5. The number of carboxylic acids is 2. The molecule has 0 saturated heterocycles. The average molecular weight is 879 g/mol. The molecular weight excluding hydrogens is 833 g/mol. The van der Waals surface area contributed by atoms with Crippen molar-refractivity contribution < 1.29 is 49.0 Å². The zero-order valence-corrected chi connectivity index (χ0v) is 35.3. The number of aliphatic hydroxyl groups excluding tert-OH is 2. The van der Waals surface area contributed by atoms with Gasteiger partial charge in [-0.25, -0.2) is 0 Å². The van der Waals surface area contributed by atoms with Crippen molar-refractivity contribution in [2.24, 2.45) is 0 Å². The number of ether oxygens (including phenoxy) is 4. The lowest BCUT2D eigenvalue weighted by Crippen LogP contribution is -2.39. The minimum absolute atomic E-state index is 0.0904. The molecule has 0 spiro atoms. The van der Waals surface area contributed by atoms with E-state index in [9.17, 15) is 40.5 Å². The molecular formula is C49H46N6O10. The fraction of sp³-hybridized carbons (Fsp3) is 0.224. The van der Waals surface area contributed by atoms with Crippen molar-refractivity contribution in [3.8, 4) is 46.3 Å². The molecule has 2 aromatic heterocycles. The van der Waals surface area contributed by atoms with Gasteiger partial charge in [0, 0.05) is 72.3 Å². The molecule has 6 rings (SSSR count). The Bertz CT molecular complexity index is 2700. The van der Waals surface area contributed by atoms with Gasteiger partial charge in [0.15, 0.2) is 0 Å². The topological polar surface area (TPSA) is 249 Å². The first kappa shape index (κ1) is 46.6. The number of nitrogens with one attached hydrogen (secondary N) is 2. The van der Waals surface area contributed by atoms with Gasteiger partial charge in [0.2, 0.25) is 0 Å². The SMILES string of the molecule is Cc1c(COc2ccc(CN[C@H](CO)C(=O)O)c(OCc3cncc(C#N)c3)c2)cccc1-c1cccc(COc2ccc(CN[C@H](CO)C(=O)O)c(OCc3cncc(C#N)c3)c2)c1. The number of aliphatic hydroxyl groups is 2. The average Bonchev–Trinajstić information content (AvgIpc) is 3.32. The summed E-state index contributed by atoms with van der Waals surface area (Å²) < 4.78 is 24.8. The van der Waals surface area contributed by atoms with E-state index in [1.165, 1.54) is 12.4 Å². The zero-order chi connectivity index (χ0) is 46.1. The number of aliphatic carboxylic acids is 2. The minimum atomic E-state index is -1.19. The normalized spacial score (nSPS) is 11.7. The molecule has 0 amide bonds. The molecule has 0 bridgehead atoms. The van der Waals surface area contributed by atoms with Crippen LogP contribution in [0.3, 0.4) is 0 Å². The Morgan fingerprint density at radius 1 is 0.600 bits per heavy atom. The minimum Gasteiger partial charge on any atom is -0.489 e. The third-order valence-corrected chi connectivity index (χ3v) is 10.2. The number of rotatable bonds is 23. The molecule has 0 unspecified atom stereocenters. The molecule has 0 aliphatic rings. The van der Waals surface area contributed by atoms with Crippen molar-refractivity contribution in [3.05, 3.63) is 166 Å². The largest absolute Gasteiger partial charge is 0.489 e. The third kappa shape index (κ3) is 13.1. The number of benzene rings is 4. The quantitative estimate of drug-likeness (QED) is 0.0460. The molecule has 0 aliphatic heterocycles. The van der Waals surface area contributed by atoms with Gasteiger partial charge < -0.3 is 39.4 Å². The lowest BCUT2D eigenvalue weighted by atomic mass is 9.95. The Balaban J connectivity index is 1.15. The van der Waals surface area contributed by atoms with E-state index in [-0.39, 0.29) is 39.5 Å². The molecule has 2 heterocycles. The molecule has 0 aliphatic carbocycles. The van der Waals surface area contributed by atoms with E-state index in [4.69, 9.17) is 18.9 Å². The highest BCUT2D eigenvalue weighted by Gasteiger charge is 2.19. The van der Waals surface area contributed by atoms with Crippen molar-refractivity contribution in [2.75, 3.05) is 13.2 Å². The summed E-state index contributed by atoms with van der Waals surface area (Å²) in [6.45, 7) is 1.66.